The average molecular weight is 337 g/mol. The second-order valence-electron chi connectivity index (χ2n) is 8.37. The molecule has 2 aliphatic rings. The van der Waals surface area contributed by atoms with Gasteiger partial charge in [0.25, 0.3) is 0 Å². The summed E-state index contributed by atoms with van der Waals surface area (Å²) in [6.07, 6.45) is 2.35. The third-order valence-electron chi connectivity index (χ3n) is 5.56. The predicted octanol–water partition coefficient (Wildman–Crippen LogP) is 5.32. The van der Waals surface area contributed by atoms with Gasteiger partial charge in [0, 0.05) is 23.8 Å². The molecule has 2 N–H and O–H groups in total. The van der Waals surface area contributed by atoms with Crippen LogP contribution in [0.15, 0.2) is 42.5 Å². The van der Waals surface area contributed by atoms with Crippen molar-refractivity contribution in [2.75, 3.05) is 11.9 Å². The average Bonchev–Trinajstić information content (AvgIpc) is 2.60. The zero-order valence-electron chi connectivity index (χ0n) is 15.3. The van der Waals surface area contributed by atoms with E-state index in [1.165, 1.54) is 11.1 Å². The first-order valence-corrected chi connectivity index (χ1v) is 9.25. The Balaban J connectivity index is 1.78. The van der Waals surface area contributed by atoms with Crippen molar-refractivity contribution in [3.05, 3.63) is 59.2 Å². The van der Waals surface area contributed by atoms with Crippen molar-refractivity contribution in [2.45, 2.75) is 51.2 Å². The highest BCUT2D eigenvalue weighted by Crippen LogP contribution is 2.50. The van der Waals surface area contributed by atoms with Crippen LogP contribution in [0.4, 0.5) is 5.69 Å². The van der Waals surface area contributed by atoms with Gasteiger partial charge in [-0.05, 0) is 47.6 Å². The van der Waals surface area contributed by atoms with Crippen LogP contribution in [0.3, 0.4) is 0 Å². The Bertz CT molecular complexity index is 778. The molecule has 3 nitrogen and oxygen atoms in total. The summed E-state index contributed by atoms with van der Waals surface area (Å²) >= 11 is 0. The minimum absolute atomic E-state index is 0.125. The van der Waals surface area contributed by atoms with E-state index in [1.54, 1.807) is 6.07 Å². The van der Waals surface area contributed by atoms with Crippen molar-refractivity contribution >= 4 is 5.69 Å². The summed E-state index contributed by atoms with van der Waals surface area (Å²) < 4.78 is 6.26. The molecule has 0 bridgehead atoms. The summed E-state index contributed by atoms with van der Waals surface area (Å²) in [6, 6.07) is 14.5. The highest BCUT2D eigenvalue weighted by Gasteiger charge is 2.40. The van der Waals surface area contributed by atoms with Gasteiger partial charge < -0.3 is 15.2 Å². The van der Waals surface area contributed by atoms with Crippen molar-refractivity contribution in [1.29, 1.82) is 0 Å². The molecule has 25 heavy (non-hydrogen) atoms. The second kappa shape index (κ2) is 6.06. The molecule has 132 valence electrons. The summed E-state index contributed by atoms with van der Waals surface area (Å²) in [4.78, 5) is 0. The second-order valence-corrected chi connectivity index (χ2v) is 8.37. The van der Waals surface area contributed by atoms with Crippen molar-refractivity contribution in [2.24, 2.45) is 5.92 Å². The molecule has 2 heterocycles. The number of hydrogen-bond donors (Lipinski definition) is 2. The van der Waals surface area contributed by atoms with Gasteiger partial charge in [0.2, 0.25) is 0 Å². The molecule has 4 rings (SSSR count). The molecule has 3 heteroatoms. The zero-order valence-corrected chi connectivity index (χ0v) is 15.3. The molecule has 2 aromatic rings. The van der Waals surface area contributed by atoms with E-state index in [0.29, 0.717) is 11.7 Å². The first kappa shape index (κ1) is 16.5. The summed E-state index contributed by atoms with van der Waals surface area (Å²) in [5.41, 5.74) is 5.04. The molecule has 0 aromatic heterocycles. The Morgan fingerprint density at radius 2 is 1.96 bits per heavy atom. The molecule has 2 aliphatic heterocycles. The van der Waals surface area contributed by atoms with Gasteiger partial charge in [0.15, 0.2) is 0 Å². The summed E-state index contributed by atoms with van der Waals surface area (Å²) in [5, 5.41) is 13.6. The molecule has 0 spiro atoms. The van der Waals surface area contributed by atoms with Crippen molar-refractivity contribution in [1.82, 2.24) is 0 Å². The van der Waals surface area contributed by atoms with Crippen LogP contribution in [0.25, 0.3) is 0 Å². The lowest BCUT2D eigenvalue weighted by molar-refractivity contribution is -0.0382. The van der Waals surface area contributed by atoms with Crippen LogP contribution < -0.4 is 5.32 Å². The molecule has 0 amide bonds. The molecular formula is C22H27NO2. The highest BCUT2D eigenvalue weighted by molar-refractivity contribution is 5.59. The number of nitrogens with one attached hydrogen (secondary N) is 1. The van der Waals surface area contributed by atoms with Gasteiger partial charge in [-0.3, -0.25) is 0 Å². The van der Waals surface area contributed by atoms with Crippen LogP contribution in [0, 0.1) is 5.92 Å². The first-order chi connectivity index (χ1) is 11.9. The number of rotatable bonds is 1. The van der Waals surface area contributed by atoms with Gasteiger partial charge in [0.1, 0.15) is 5.75 Å². The lowest BCUT2D eigenvalue weighted by Gasteiger charge is -2.44. The molecule has 1 saturated heterocycles. The topological polar surface area (TPSA) is 41.5 Å². The van der Waals surface area contributed by atoms with Gasteiger partial charge in [-0.1, -0.05) is 45.0 Å². The standard InChI is InChI=1S/C22H27NO2/c1-22(2,3)15-9-10-19-18(13-15)21-17(8-5-11-25-21)20(23-19)14-6-4-7-16(24)12-14/h4,6-7,9-10,12-13,17,20-21,23-24H,5,8,11H2,1-3H3/t17-,20-,21-/m0/s1. The Hall–Kier alpha value is -2.00. The fraction of sp³-hybridized carbons (Fsp3) is 0.455. The van der Waals surface area contributed by atoms with E-state index in [2.05, 4.69) is 50.4 Å². The van der Waals surface area contributed by atoms with E-state index < -0.39 is 0 Å². The Morgan fingerprint density at radius 3 is 2.72 bits per heavy atom. The number of fused-ring (bicyclic) bond motifs is 3. The van der Waals surface area contributed by atoms with Gasteiger partial charge in [-0.15, -0.1) is 0 Å². The summed E-state index contributed by atoms with van der Waals surface area (Å²) in [7, 11) is 0. The normalized spacial score (nSPS) is 25.6. The lowest BCUT2D eigenvalue weighted by Crippen LogP contribution is -2.36. The Labute approximate surface area is 150 Å². The minimum Gasteiger partial charge on any atom is -0.508 e. The predicted molar refractivity (Wildman–Crippen MR) is 101 cm³/mol. The molecule has 0 radical (unpaired) electrons. The number of phenolic OH excluding ortho intramolecular Hbond substituents is 1. The Morgan fingerprint density at radius 1 is 1.12 bits per heavy atom. The molecule has 1 fully saturated rings. The maximum atomic E-state index is 9.90. The fourth-order valence-electron chi connectivity index (χ4n) is 4.19. The van der Waals surface area contributed by atoms with Crippen LogP contribution in [0.5, 0.6) is 5.75 Å². The molecule has 0 saturated carbocycles. The number of ether oxygens (including phenoxy) is 1. The lowest BCUT2D eigenvalue weighted by atomic mass is 9.76. The largest absolute Gasteiger partial charge is 0.508 e. The van der Waals surface area contributed by atoms with Crippen molar-refractivity contribution in [3.63, 3.8) is 0 Å². The summed E-state index contributed by atoms with van der Waals surface area (Å²) in [6.45, 7) is 7.58. The van der Waals surface area contributed by atoms with E-state index in [0.717, 1.165) is 30.7 Å². The van der Waals surface area contributed by atoms with Crippen molar-refractivity contribution in [3.8, 4) is 5.75 Å². The Kier molecular flexibility index (Phi) is 3.99. The molecule has 0 aliphatic carbocycles. The smallest absolute Gasteiger partial charge is 0.115 e. The minimum atomic E-state index is 0.125. The number of anilines is 1. The first-order valence-electron chi connectivity index (χ1n) is 9.25. The quantitative estimate of drug-likeness (QED) is 0.739. The molecule has 2 aromatic carbocycles. The zero-order chi connectivity index (χ0) is 17.6. The SMILES string of the molecule is CC(C)(C)c1ccc2c(c1)[C@H]1OCCC[C@H]1[C@H](c1cccc(O)c1)N2. The van der Waals surface area contributed by atoms with Crippen LogP contribution in [-0.2, 0) is 10.2 Å². The maximum Gasteiger partial charge on any atom is 0.115 e. The number of aromatic hydroxyl groups is 1. The van der Waals surface area contributed by atoms with Crippen LogP contribution in [0.1, 0.15) is 62.4 Å². The van der Waals surface area contributed by atoms with Crippen LogP contribution >= 0.6 is 0 Å². The number of hydrogen-bond acceptors (Lipinski definition) is 3. The maximum absolute atomic E-state index is 9.90. The molecule has 0 unspecified atom stereocenters. The van der Waals surface area contributed by atoms with Crippen LogP contribution in [0.2, 0.25) is 0 Å². The third kappa shape index (κ3) is 3.02. The van der Waals surface area contributed by atoms with E-state index in [1.807, 2.05) is 12.1 Å². The van der Waals surface area contributed by atoms with E-state index in [4.69, 9.17) is 4.74 Å². The highest BCUT2D eigenvalue weighted by atomic mass is 16.5. The number of phenols is 1. The van der Waals surface area contributed by atoms with E-state index in [9.17, 15) is 5.11 Å². The monoisotopic (exact) mass is 337 g/mol. The van der Waals surface area contributed by atoms with Gasteiger partial charge in [0.05, 0.1) is 12.1 Å². The molecule has 3 atom stereocenters. The molecular weight excluding hydrogens is 310 g/mol. The van der Waals surface area contributed by atoms with Crippen LogP contribution in [-0.4, -0.2) is 11.7 Å². The van der Waals surface area contributed by atoms with Gasteiger partial charge in [-0.2, -0.15) is 0 Å². The number of benzene rings is 2. The van der Waals surface area contributed by atoms with E-state index >= 15 is 0 Å². The van der Waals surface area contributed by atoms with Gasteiger partial charge >= 0.3 is 0 Å². The van der Waals surface area contributed by atoms with Gasteiger partial charge in [-0.25, -0.2) is 0 Å². The third-order valence-corrected chi connectivity index (χ3v) is 5.56. The van der Waals surface area contributed by atoms with Crippen molar-refractivity contribution < 1.29 is 9.84 Å². The fourth-order valence-corrected chi connectivity index (χ4v) is 4.19. The summed E-state index contributed by atoms with van der Waals surface area (Å²) in [5.74, 6) is 0.708. The van der Waals surface area contributed by atoms with E-state index in [-0.39, 0.29) is 17.6 Å².